The molecule has 2 rings (SSSR count). The third-order valence-corrected chi connectivity index (χ3v) is 6.20. The van der Waals surface area contributed by atoms with Crippen LogP contribution in [0.15, 0.2) is 33.5 Å². The Kier molecular flexibility index (Phi) is 6.20. The van der Waals surface area contributed by atoms with Gasteiger partial charge < -0.3 is 10.6 Å². The second kappa shape index (κ2) is 7.98. The number of nitrogens with zero attached hydrogens (tertiary/aromatic N) is 1. The van der Waals surface area contributed by atoms with Crippen LogP contribution in [0, 0.1) is 0 Å². The van der Waals surface area contributed by atoms with Crippen LogP contribution < -0.4 is 10.6 Å². The molecule has 7 nitrogen and oxygen atoms in total. The van der Waals surface area contributed by atoms with Crippen molar-refractivity contribution in [2.24, 2.45) is 0 Å². The predicted molar refractivity (Wildman–Crippen MR) is 99.4 cm³/mol. The first-order valence-electron chi connectivity index (χ1n) is 7.21. The highest BCUT2D eigenvalue weighted by molar-refractivity contribution is 8.00. The number of benzene rings is 1. The van der Waals surface area contributed by atoms with E-state index in [1.165, 1.54) is 23.9 Å². The quantitative estimate of drug-likeness (QED) is 0.722. The van der Waals surface area contributed by atoms with Crippen molar-refractivity contribution in [2.45, 2.75) is 16.2 Å². The fraction of sp³-hybridized carbons (Fsp3) is 0.267. The van der Waals surface area contributed by atoms with Gasteiger partial charge in [-0.2, -0.15) is 0 Å². The summed E-state index contributed by atoms with van der Waals surface area (Å²) in [4.78, 5) is 28.8. The Morgan fingerprint density at radius 3 is 2.52 bits per heavy atom. The van der Waals surface area contributed by atoms with Gasteiger partial charge in [-0.1, -0.05) is 35.2 Å². The minimum atomic E-state index is -3.56. The van der Waals surface area contributed by atoms with Crippen LogP contribution in [0.25, 0.3) is 0 Å². The van der Waals surface area contributed by atoms with Crippen molar-refractivity contribution in [3.8, 4) is 0 Å². The lowest BCUT2D eigenvalue weighted by Crippen LogP contribution is -2.25. The maximum Gasteiger partial charge on any atom is 0.273 e. The number of amides is 2. The van der Waals surface area contributed by atoms with E-state index in [9.17, 15) is 18.0 Å². The van der Waals surface area contributed by atoms with Gasteiger partial charge in [0.15, 0.2) is 19.9 Å². The number of carbonyl (C=O) groups excluding carboxylic acids is 2. The van der Waals surface area contributed by atoms with Gasteiger partial charge in [0, 0.05) is 12.8 Å². The number of nitrogens with one attached hydrogen (secondary N) is 2. The van der Waals surface area contributed by atoms with Crippen molar-refractivity contribution in [1.82, 2.24) is 10.3 Å². The zero-order valence-electron chi connectivity index (χ0n) is 13.8. The van der Waals surface area contributed by atoms with Gasteiger partial charge in [0.2, 0.25) is 0 Å². The van der Waals surface area contributed by atoms with E-state index in [4.69, 9.17) is 0 Å². The SMILES string of the molecule is CCNC(=O)c1nc(SC)sc1NC(=O)c1ccccc1S(C)(=O)=O. The van der Waals surface area contributed by atoms with Gasteiger partial charge in [-0.15, -0.1) is 0 Å². The van der Waals surface area contributed by atoms with E-state index in [2.05, 4.69) is 15.6 Å². The average Bonchev–Trinajstić information content (AvgIpc) is 2.97. The fourth-order valence-electron chi connectivity index (χ4n) is 2.02. The molecule has 25 heavy (non-hydrogen) atoms. The monoisotopic (exact) mass is 399 g/mol. The first-order valence-corrected chi connectivity index (χ1v) is 11.1. The van der Waals surface area contributed by atoms with Crippen molar-refractivity contribution in [3.63, 3.8) is 0 Å². The standard InChI is InChI=1S/C15H17N3O4S3/c1-4-16-13(20)11-14(24-15(17-11)23-2)18-12(19)9-7-5-6-8-10(9)25(3,21)22/h5-8H,4H2,1-3H3,(H,16,20)(H,18,19). The first-order chi connectivity index (χ1) is 11.8. The summed E-state index contributed by atoms with van der Waals surface area (Å²) in [7, 11) is -3.56. The molecule has 0 aliphatic rings. The Labute approximate surface area is 154 Å². The van der Waals surface area contributed by atoms with E-state index in [1.54, 1.807) is 19.1 Å². The number of aromatic nitrogens is 1. The summed E-state index contributed by atoms with van der Waals surface area (Å²) in [6, 6.07) is 5.92. The third-order valence-electron chi connectivity index (χ3n) is 3.09. The Morgan fingerprint density at radius 2 is 1.92 bits per heavy atom. The van der Waals surface area contributed by atoms with Gasteiger partial charge in [-0.3, -0.25) is 9.59 Å². The summed E-state index contributed by atoms with van der Waals surface area (Å²) in [6.07, 6.45) is 2.85. The summed E-state index contributed by atoms with van der Waals surface area (Å²) in [5.74, 6) is -1.01. The van der Waals surface area contributed by atoms with Crippen LogP contribution in [0.5, 0.6) is 0 Å². The smallest absolute Gasteiger partial charge is 0.273 e. The van der Waals surface area contributed by atoms with Gasteiger partial charge in [-0.05, 0) is 25.3 Å². The largest absolute Gasteiger partial charge is 0.351 e. The van der Waals surface area contributed by atoms with E-state index < -0.39 is 21.7 Å². The lowest BCUT2D eigenvalue weighted by molar-refractivity contribution is 0.0952. The van der Waals surface area contributed by atoms with Crippen LogP contribution in [0.2, 0.25) is 0 Å². The molecule has 134 valence electrons. The van der Waals surface area contributed by atoms with E-state index in [0.717, 1.165) is 17.6 Å². The summed E-state index contributed by atoms with van der Waals surface area (Å²) in [5.41, 5.74) is 0.132. The molecule has 0 saturated heterocycles. The molecular formula is C15H17N3O4S3. The highest BCUT2D eigenvalue weighted by atomic mass is 32.2. The molecule has 0 aliphatic heterocycles. The van der Waals surface area contributed by atoms with E-state index in [-0.39, 0.29) is 21.2 Å². The number of rotatable bonds is 6. The first kappa shape index (κ1) is 19.4. The Morgan fingerprint density at radius 1 is 1.24 bits per heavy atom. The van der Waals surface area contributed by atoms with Crippen LogP contribution in [-0.4, -0.2) is 44.3 Å². The van der Waals surface area contributed by atoms with Gasteiger partial charge in [0.1, 0.15) is 5.00 Å². The average molecular weight is 400 g/mol. The highest BCUT2D eigenvalue weighted by Crippen LogP contribution is 2.31. The highest BCUT2D eigenvalue weighted by Gasteiger charge is 2.23. The molecule has 0 aliphatic carbocycles. The number of anilines is 1. The van der Waals surface area contributed by atoms with Crippen LogP contribution in [0.4, 0.5) is 5.00 Å². The number of hydrogen-bond acceptors (Lipinski definition) is 7. The molecule has 0 saturated carbocycles. The topological polar surface area (TPSA) is 105 Å². The molecule has 1 heterocycles. The van der Waals surface area contributed by atoms with Crippen molar-refractivity contribution in [2.75, 3.05) is 24.4 Å². The summed E-state index contributed by atoms with van der Waals surface area (Å²) >= 11 is 2.51. The van der Waals surface area contributed by atoms with Crippen LogP contribution in [-0.2, 0) is 9.84 Å². The van der Waals surface area contributed by atoms with Crippen molar-refractivity contribution in [1.29, 1.82) is 0 Å². The van der Waals surface area contributed by atoms with Crippen LogP contribution in [0.3, 0.4) is 0 Å². The second-order valence-electron chi connectivity index (χ2n) is 4.94. The van der Waals surface area contributed by atoms with Gasteiger partial charge in [0.25, 0.3) is 11.8 Å². The maximum atomic E-state index is 12.6. The number of sulfone groups is 1. The minimum Gasteiger partial charge on any atom is -0.351 e. The summed E-state index contributed by atoms with van der Waals surface area (Å²) < 4.78 is 24.3. The molecule has 0 spiro atoms. The second-order valence-corrected chi connectivity index (χ2v) is 8.98. The zero-order chi connectivity index (χ0) is 18.6. The lowest BCUT2D eigenvalue weighted by Gasteiger charge is -2.08. The fourth-order valence-corrected chi connectivity index (χ4v) is 4.36. The summed E-state index contributed by atoms with van der Waals surface area (Å²) in [6.45, 7) is 2.20. The van der Waals surface area contributed by atoms with E-state index in [1.807, 2.05) is 6.26 Å². The molecule has 1 aromatic carbocycles. The molecule has 10 heteroatoms. The molecule has 0 atom stereocenters. The Bertz CT molecular complexity index is 906. The minimum absolute atomic E-state index is 0.0194. The molecular weight excluding hydrogens is 382 g/mol. The predicted octanol–water partition coefficient (Wildman–Crippen LogP) is 2.27. The molecule has 0 bridgehead atoms. The third kappa shape index (κ3) is 4.59. The van der Waals surface area contributed by atoms with Crippen molar-refractivity contribution >= 4 is 49.8 Å². The van der Waals surface area contributed by atoms with E-state index >= 15 is 0 Å². The molecule has 2 amide bonds. The van der Waals surface area contributed by atoms with Gasteiger partial charge in [0.05, 0.1) is 10.5 Å². The Hall–Kier alpha value is -1.91. The number of thiazole rings is 1. The zero-order valence-corrected chi connectivity index (χ0v) is 16.3. The summed E-state index contributed by atoms with van der Waals surface area (Å²) in [5, 5.41) is 5.53. The molecule has 1 aromatic heterocycles. The van der Waals surface area contributed by atoms with Crippen LogP contribution >= 0.6 is 23.1 Å². The number of hydrogen-bond donors (Lipinski definition) is 2. The van der Waals surface area contributed by atoms with E-state index in [0.29, 0.717) is 10.9 Å². The molecule has 0 unspecified atom stereocenters. The maximum absolute atomic E-state index is 12.6. The Balaban J connectivity index is 2.39. The van der Waals surface area contributed by atoms with Gasteiger partial charge in [-0.25, -0.2) is 13.4 Å². The molecule has 0 radical (unpaired) electrons. The van der Waals surface area contributed by atoms with Crippen molar-refractivity contribution < 1.29 is 18.0 Å². The number of thioether (sulfide) groups is 1. The normalized spacial score (nSPS) is 11.2. The lowest BCUT2D eigenvalue weighted by atomic mass is 10.2. The molecule has 0 fully saturated rings. The van der Waals surface area contributed by atoms with Crippen LogP contribution in [0.1, 0.15) is 27.8 Å². The number of carbonyl (C=O) groups is 2. The van der Waals surface area contributed by atoms with Crippen molar-refractivity contribution in [3.05, 3.63) is 35.5 Å². The van der Waals surface area contributed by atoms with Gasteiger partial charge >= 0.3 is 0 Å². The molecule has 2 N–H and O–H groups in total. The molecule has 2 aromatic rings.